The van der Waals surface area contributed by atoms with Gasteiger partial charge >= 0.3 is 0 Å². The first kappa shape index (κ1) is 15.8. The number of hydrogen-bond donors (Lipinski definition) is 1. The number of nitrogens with one attached hydrogen (secondary N) is 1. The summed E-state index contributed by atoms with van der Waals surface area (Å²) in [5, 5.41) is 7.33. The van der Waals surface area contributed by atoms with Gasteiger partial charge in [0.05, 0.1) is 12.7 Å². The number of rotatable bonds is 6. The highest BCUT2D eigenvalue weighted by atomic mass is 32.2. The lowest BCUT2D eigenvalue weighted by atomic mass is 10.4. The van der Waals surface area contributed by atoms with Crippen molar-refractivity contribution < 1.29 is 8.42 Å². The van der Waals surface area contributed by atoms with E-state index in [1.165, 1.54) is 6.20 Å². The zero-order valence-corrected chi connectivity index (χ0v) is 13.6. The van der Waals surface area contributed by atoms with Crippen LogP contribution in [0.5, 0.6) is 0 Å². The van der Waals surface area contributed by atoms with Crippen molar-refractivity contribution in [2.24, 2.45) is 0 Å². The first-order chi connectivity index (χ1) is 9.55. The molecule has 0 saturated carbocycles. The van der Waals surface area contributed by atoms with Gasteiger partial charge in [0.25, 0.3) is 0 Å². The van der Waals surface area contributed by atoms with E-state index in [0.717, 1.165) is 24.6 Å². The van der Waals surface area contributed by atoms with Crippen molar-refractivity contribution in [3.63, 3.8) is 0 Å². The van der Waals surface area contributed by atoms with E-state index < -0.39 is 10.0 Å². The van der Waals surface area contributed by atoms with Gasteiger partial charge in [-0.15, -0.1) is 0 Å². The third kappa shape index (κ3) is 3.55. The second kappa shape index (κ2) is 6.93. The van der Waals surface area contributed by atoms with Crippen LogP contribution >= 0.6 is 11.8 Å². The lowest BCUT2D eigenvalue weighted by Crippen LogP contribution is -2.44. The summed E-state index contributed by atoms with van der Waals surface area (Å²) in [6, 6.07) is 0.0452. The van der Waals surface area contributed by atoms with E-state index in [9.17, 15) is 8.42 Å². The molecule has 1 aromatic rings. The van der Waals surface area contributed by atoms with E-state index in [4.69, 9.17) is 0 Å². The first-order valence-corrected chi connectivity index (χ1v) is 9.48. The zero-order valence-electron chi connectivity index (χ0n) is 11.9. The molecule has 0 aliphatic carbocycles. The molecule has 2 heterocycles. The molecular weight excluding hydrogens is 296 g/mol. The molecule has 8 heteroatoms. The fourth-order valence-electron chi connectivity index (χ4n) is 2.17. The average molecular weight is 318 g/mol. The van der Waals surface area contributed by atoms with Crippen molar-refractivity contribution in [3.8, 4) is 0 Å². The highest BCUT2D eigenvalue weighted by Gasteiger charge is 2.32. The van der Waals surface area contributed by atoms with Gasteiger partial charge in [0.2, 0.25) is 10.0 Å². The van der Waals surface area contributed by atoms with Gasteiger partial charge in [0.15, 0.2) is 0 Å². The second-order valence-corrected chi connectivity index (χ2v) is 7.87. The number of sulfonamides is 1. The van der Waals surface area contributed by atoms with Crippen molar-refractivity contribution in [2.45, 2.75) is 31.3 Å². The van der Waals surface area contributed by atoms with Crippen LogP contribution < -0.4 is 5.32 Å². The van der Waals surface area contributed by atoms with Crippen LogP contribution in [0.2, 0.25) is 0 Å². The maximum Gasteiger partial charge on any atom is 0.246 e. The summed E-state index contributed by atoms with van der Waals surface area (Å²) in [6.07, 6.45) is 3.08. The topological polar surface area (TPSA) is 67.2 Å². The molecule has 1 unspecified atom stereocenters. The summed E-state index contributed by atoms with van der Waals surface area (Å²) >= 11 is 1.80. The minimum Gasteiger partial charge on any atom is -0.315 e. The van der Waals surface area contributed by atoms with Crippen LogP contribution in [0.25, 0.3) is 0 Å². The molecule has 0 bridgehead atoms. The Kier molecular flexibility index (Phi) is 5.48. The lowest BCUT2D eigenvalue weighted by Gasteiger charge is -2.31. The van der Waals surface area contributed by atoms with Gasteiger partial charge in [-0.3, -0.25) is 4.68 Å². The Morgan fingerprint density at radius 1 is 1.55 bits per heavy atom. The molecule has 1 fully saturated rings. The highest BCUT2D eigenvalue weighted by Crippen LogP contribution is 2.23. The van der Waals surface area contributed by atoms with Crippen molar-refractivity contribution in [2.75, 3.05) is 31.1 Å². The Morgan fingerprint density at radius 3 is 3.05 bits per heavy atom. The molecule has 1 aliphatic rings. The Morgan fingerprint density at radius 2 is 2.35 bits per heavy atom. The molecule has 0 amide bonds. The third-order valence-corrected chi connectivity index (χ3v) is 6.45. The Balaban J connectivity index is 2.09. The van der Waals surface area contributed by atoms with Gasteiger partial charge in [-0.25, -0.2) is 8.42 Å². The Bertz CT molecular complexity index is 529. The number of hydrogen-bond acceptors (Lipinski definition) is 5. The first-order valence-electron chi connectivity index (χ1n) is 6.88. The van der Waals surface area contributed by atoms with E-state index in [2.05, 4.69) is 10.4 Å². The van der Waals surface area contributed by atoms with Crippen LogP contribution in [-0.2, 0) is 16.6 Å². The summed E-state index contributed by atoms with van der Waals surface area (Å²) < 4.78 is 28.4. The van der Waals surface area contributed by atoms with E-state index in [0.29, 0.717) is 18.0 Å². The molecule has 114 valence electrons. The predicted octanol–water partition coefficient (Wildman–Crippen LogP) is 0.619. The number of thioether (sulfide) groups is 1. The minimum atomic E-state index is -3.40. The van der Waals surface area contributed by atoms with Crippen LogP contribution in [0, 0.1) is 0 Å². The summed E-state index contributed by atoms with van der Waals surface area (Å²) in [7, 11) is -3.40. The number of nitrogens with zero attached hydrogens (tertiary/aromatic N) is 3. The molecule has 0 spiro atoms. The standard InChI is InChI=1S/C12H22N4O2S2/c1-3-13-4-5-15-9-12(8-14-15)20(17,18)16-6-7-19-10-11(16)2/h8-9,11,13H,3-7,10H2,1-2H3. The molecule has 20 heavy (non-hydrogen) atoms. The Hall–Kier alpha value is -0.570. The Labute approximate surface area is 125 Å². The predicted molar refractivity (Wildman–Crippen MR) is 81.4 cm³/mol. The molecule has 1 N–H and O–H groups in total. The summed E-state index contributed by atoms with van der Waals surface area (Å²) in [6.45, 7) is 6.93. The van der Waals surface area contributed by atoms with Crippen LogP contribution in [0.15, 0.2) is 17.3 Å². The fraction of sp³-hybridized carbons (Fsp3) is 0.750. The fourth-order valence-corrected chi connectivity index (χ4v) is 4.98. The van der Waals surface area contributed by atoms with E-state index in [1.807, 2.05) is 13.8 Å². The van der Waals surface area contributed by atoms with Crippen LogP contribution in [0.3, 0.4) is 0 Å². The maximum absolute atomic E-state index is 12.6. The molecular formula is C12H22N4O2S2. The van der Waals surface area contributed by atoms with Crippen LogP contribution in [0.1, 0.15) is 13.8 Å². The number of likely N-dealkylation sites (N-methyl/N-ethyl adjacent to an activating group) is 1. The van der Waals surface area contributed by atoms with Gasteiger partial charge in [-0.2, -0.15) is 21.2 Å². The lowest BCUT2D eigenvalue weighted by molar-refractivity contribution is 0.367. The summed E-state index contributed by atoms with van der Waals surface area (Å²) in [4.78, 5) is 0.299. The summed E-state index contributed by atoms with van der Waals surface area (Å²) in [5.74, 6) is 1.71. The molecule has 0 aromatic carbocycles. The largest absolute Gasteiger partial charge is 0.315 e. The molecule has 1 saturated heterocycles. The molecule has 6 nitrogen and oxygen atoms in total. The monoisotopic (exact) mass is 318 g/mol. The second-order valence-electron chi connectivity index (χ2n) is 4.83. The molecule has 2 rings (SSSR count). The smallest absolute Gasteiger partial charge is 0.246 e. The molecule has 0 radical (unpaired) electrons. The third-order valence-electron chi connectivity index (χ3n) is 3.29. The van der Waals surface area contributed by atoms with E-state index >= 15 is 0 Å². The summed E-state index contributed by atoms with van der Waals surface area (Å²) in [5.41, 5.74) is 0. The maximum atomic E-state index is 12.6. The normalized spacial score (nSPS) is 21.2. The molecule has 1 aliphatic heterocycles. The molecule has 1 aromatic heterocycles. The van der Waals surface area contributed by atoms with Gasteiger partial charge < -0.3 is 5.32 Å². The van der Waals surface area contributed by atoms with Crippen LogP contribution in [0.4, 0.5) is 0 Å². The SMILES string of the molecule is CCNCCn1cc(S(=O)(=O)N2CCSCC2C)cn1. The van der Waals surface area contributed by atoms with Crippen molar-refractivity contribution in [1.82, 2.24) is 19.4 Å². The van der Waals surface area contributed by atoms with Gasteiger partial charge in [0, 0.05) is 36.8 Å². The highest BCUT2D eigenvalue weighted by molar-refractivity contribution is 7.99. The van der Waals surface area contributed by atoms with E-state index in [-0.39, 0.29) is 6.04 Å². The van der Waals surface area contributed by atoms with E-state index in [1.54, 1.807) is 26.9 Å². The van der Waals surface area contributed by atoms with Crippen molar-refractivity contribution in [3.05, 3.63) is 12.4 Å². The van der Waals surface area contributed by atoms with Gasteiger partial charge in [-0.05, 0) is 13.5 Å². The van der Waals surface area contributed by atoms with Crippen LogP contribution in [-0.4, -0.2) is 59.7 Å². The van der Waals surface area contributed by atoms with Gasteiger partial charge in [-0.1, -0.05) is 6.92 Å². The zero-order chi connectivity index (χ0) is 14.6. The number of aromatic nitrogens is 2. The van der Waals surface area contributed by atoms with Crippen molar-refractivity contribution >= 4 is 21.8 Å². The average Bonchev–Trinajstić information content (AvgIpc) is 2.89. The quantitative estimate of drug-likeness (QED) is 0.779. The molecule has 1 atom stereocenters. The van der Waals surface area contributed by atoms with Gasteiger partial charge in [0.1, 0.15) is 4.90 Å². The minimum absolute atomic E-state index is 0.0452. The van der Waals surface area contributed by atoms with Crippen molar-refractivity contribution in [1.29, 1.82) is 0 Å².